The number of aromatic nitrogens is 2. The lowest BCUT2D eigenvalue weighted by Crippen LogP contribution is -2.28. The van der Waals surface area contributed by atoms with E-state index in [-0.39, 0.29) is 35.3 Å². The van der Waals surface area contributed by atoms with Crippen molar-refractivity contribution in [1.82, 2.24) is 14.9 Å². The lowest BCUT2D eigenvalue weighted by molar-refractivity contribution is -0.122. The highest BCUT2D eigenvalue weighted by Gasteiger charge is 2.32. The van der Waals surface area contributed by atoms with Crippen molar-refractivity contribution >= 4 is 23.5 Å². The number of likely N-dealkylation sites (N-methyl/N-ethyl adjacent to an activating group) is 1. The van der Waals surface area contributed by atoms with E-state index in [2.05, 4.69) is 15.3 Å². The summed E-state index contributed by atoms with van der Waals surface area (Å²) in [5.74, 6) is -0.876. The van der Waals surface area contributed by atoms with Crippen LogP contribution in [0.4, 0.5) is 16.0 Å². The van der Waals surface area contributed by atoms with Gasteiger partial charge in [-0.1, -0.05) is 36.8 Å². The molecule has 8 heteroatoms. The van der Waals surface area contributed by atoms with Crippen LogP contribution in [0, 0.1) is 17.7 Å². The molecular weight excluding hydrogens is 445 g/mol. The molecule has 2 amide bonds. The van der Waals surface area contributed by atoms with E-state index in [1.807, 2.05) is 30.3 Å². The predicted octanol–water partition coefficient (Wildman–Crippen LogP) is 4.12. The third-order valence-electron chi connectivity index (χ3n) is 6.61. The molecule has 2 atom stereocenters. The van der Waals surface area contributed by atoms with E-state index in [0.29, 0.717) is 24.2 Å². The number of rotatable bonds is 9. The van der Waals surface area contributed by atoms with Crippen LogP contribution >= 0.6 is 0 Å². The molecule has 3 N–H and O–H groups in total. The molecular formula is C27H30FN5O2. The van der Waals surface area contributed by atoms with Gasteiger partial charge in [0.1, 0.15) is 0 Å². The molecule has 0 spiro atoms. The zero-order chi connectivity index (χ0) is 24.8. The molecule has 1 fully saturated rings. The molecule has 0 bridgehead atoms. The van der Waals surface area contributed by atoms with E-state index in [1.54, 1.807) is 36.2 Å². The molecule has 1 aliphatic carbocycles. The lowest BCUT2D eigenvalue weighted by Gasteiger charge is -2.18. The van der Waals surface area contributed by atoms with E-state index in [1.165, 1.54) is 5.56 Å². The van der Waals surface area contributed by atoms with Crippen molar-refractivity contribution in [3.8, 4) is 0 Å². The number of nitrogens with zero attached hydrogens (tertiary/aromatic N) is 3. The Morgan fingerprint density at radius 3 is 2.57 bits per heavy atom. The van der Waals surface area contributed by atoms with Crippen LogP contribution in [-0.4, -0.2) is 40.3 Å². The highest BCUT2D eigenvalue weighted by Crippen LogP contribution is 2.34. The summed E-state index contributed by atoms with van der Waals surface area (Å²) in [7, 11) is 1.79. The molecule has 1 aliphatic rings. The molecule has 0 saturated heterocycles. The maximum absolute atomic E-state index is 14.4. The van der Waals surface area contributed by atoms with Gasteiger partial charge in [0.05, 0.1) is 11.9 Å². The molecule has 2 aromatic carbocycles. The number of nitrogens with one attached hydrogen (secondary N) is 1. The topological polar surface area (TPSA) is 101 Å². The zero-order valence-electron chi connectivity index (χ0n) is 19.8. The Bertz CT molecular complexity index is 1170. The van der Waals surface area contributed by atoms with Gasteiger partial charge in [-0.05, 0) is 61.4 Å². The number of anilines is 2. The molecule has 0 aliphatic heterocycles. The normalized spacial score (nSPS) is 17.2. The first kappa shape index (κ1) is 24.3. The molecule has 35 heavy (non-hydrogen) atoms. The van der Waals surface area contributed by atoms with Crippen molar-refractivity contribution in [2.24, 2.45) is 17.6 Å². The number of hydrogen-bond acceptors (Lipinski definition) is 5. The summed E-state index contributed by atoms with van der Waals surface area (Å²) in [6.45, 7) is 0.618. The second kappa shape index (κ2) is 11.1. The van der Waals surface area contributed by atoms with Crippen molar-refractivity contribution < 1.29 is 14.0 Å². The summed E-state index contributed by atoms with van der Waals surface area (Å²) in [6, 6.07) is 17.1. The first-order chi connectivity index (χ1) is 16.9. The zero-order valence-corrected chi connectivity index (χ0v) is 19.8. The number of carbonyl (C=O) groups excluding carboxylic acids is 2. The fourth-order valence-electron chi connectivity index (χ4n) is 4.60. The van der Waals surface area contributed by atoms with E-state index >= 15 is 0 Å². The SMILES string of the molecule is CN(CCc1ccccc1)C(=O)c1ccc(Nc2ncc(F)c(C[C@@H]3CCC[C@@H]3C(N)=O)n2)cc1. The number of amides is 2. The van der Waals surface area contributed by atoms with Crippen LogP contribution in [0.25, 0.3) is 0 Å². The standard InChI is InChI=1S/C27H30FN5O2/c1-33(15-14-18-6-3-2-4-7-18)26(35)19-10-12-21(13-11-19)31-27-30-17-23(28)24(32-27)16-20-8-5-9-22(20)25(29)34/h2-4,6-7,10-13,17,20,22H,5,8-9,14-16H2,1H3,(H2,29,34)(H,30,31,32)/t20-,22-/m0/s1. The van der Waals surface area contributed by atoms with Crippen LogP contribution in [-0.2, 0) is 17.6 Å². The van der Waals surface area contributed by atoms with Crippen LogP contribution in [0.5, 0.6) is 0 Å². The minimum absolute atomic E-state index is 0.00562. The van der Waals surface area contributed by atoms with Gasteiger partial charge in [0.25, 0.3) is 5.91 Å². The van der Waals surface area contributed by atoms with Crippen LogP contribution in [0.2, 0.25) is 0 Å². The molecule has 7 nitrogen and oxygen atoms in total. The van der Waals surface area contributed by atoms with Crippen molar-refractivity contribution in [3.63, 3.8) is 0 Å². The Morgan fingerprint density at radius 1 is 1.11 bits per heavy atom. The van der Waals surface area contributed by atoms with Crippen molar-refractivity contribution in [1.29, 1.82) is 0 Å². The van der Waals surface area contributed by atoms with Crippen LogP contribution in [0.15, 0.2) is 60.8 Å². The van der Waals surface area contributed by atoms with Gasteiger partial charge >= 0.3 is 0 Å². The largest absolute Gasteiger partial charge is 0.369 e. The number of benzene rings is 2. The van der Waals surface area contributed by atoms with Gasteiger partial charge in [-0.15, -0.1) is 0 Å². The first-order valence-electron chi connectivity index (χ1n) is 11.9. The molecule has 0 radical (unpaired) electrons. The molecule has 0 unspecified atom stereocenters. The monoisotopic (exact) mass is 475 g/mol. The second-order valence-corrected chi connectivity index (χ2v) is 9.06. The number of hydrogen-bond donors (Lipinski definition) is 2. The minimum Gasteiger partial charge on any atom is -0.369 e. The first-order valence-corrected chi connectivity index (χ1v) is 11.9. The number of primary amides is 1. The highest BCUT2D eigenvalue weighted by atomic mass is 19.1. The van der Waals surface area contributed by atoms with Gasteiger partial charge in [0.15, 0.2) is 5.82 Å². The molecule has 1 saturated carbocycles. The van der Waals surface area contributed by atoms with Crippen molar-refractivity contribution in [2.75, 3.05) is 18.9 Å². The molecule has 3 aromatic rings. The van der Waals surface area contributed by atoms with Gasteiger partial charge < -0.3 is 16.0 Å². The van der Waals surface area contributed by atoms with E-state index in [9.17, 15) is 14.0 Å². The van der Waals surface area contributed by atoms with Gasteiger partial charge in [-0.25, -0.2) is 14.4 Å². The Balaban J connectivity index is 1.37. The predicted molar refractivity (Wildman–Crippen MR) is 133 cm³/mol. The average molecular weight is 476 g/mol. The summed E-state index contributed by atoms with van der Waals surface area (Å²) in [5.41, 5.74) is 8.21. The third-order valence-corrected chi connectivity index (χ3v) is 6.61. The summed E-state index contributed by atoms with van der Waals surface area (Å²) in [4.78, 5) is 34.5. The summed E-state index contributed by atoms with van der Waals surface area (Å²) < 4.78 is 14.4. The Kier molecular flexibility index (Phi) is 7.70. The van der Waals surface area contributed by atoms with Crippen LogP contribution in [0.1, 0.15) is 40.9 Å². The van der Waals surface area contributed by atoms with Crippen molar-refractivity contribution in [2.45, 2.75) is 32.1 Å². The summed E-state index contributed by atoms with van der Waals surface area (Å²) in [5, 5.41) is 3.07. The molecule has 4 rings (SSSR count). The highest BCUT2D eigenvalue weighted by molar-refractivity contribution is 5.94. The van der Waals surface area contributed by atoms with E-state index in [0.717, 1.165) is 31.9 Å². The van der Waals surface area contributed by atoms with Gasteiger partial charge in [-0.2, -0.15) is 0 Å². The summed E-state index contributed by atoms with van der Waals surface area (Å²) in [6.07, 6.45) is 4.74. The fourth-order valence-corrected chi connectivity index (χ4v) is 4.60. The smallest absolute Gasteiger partial charge is 0.253 e. The fraction of sp³-hybridized carbons (Fsp3) is 0.333. The van der Waals surface area contributed by atoms with Crippen LogP contribution in [0.3, 0.4) is 0 Å². The number of halogens is 1. The average Bonchev–Trinajstić information content (AvgIpc) is 3.34. The molecule has 1 aromatic heterocycles. The maximum atomic E-state index is 14.4. The van der Waals surface area contributed by atoms with E-state index < -0.39 is 5.82 Å². The van der Waals surface area contributed by atoms with E-state index in [4.69, 9.17) is 5.73 Å². The molecule has 182 valence electrons. The van der Waals surface area contributed by atoms with Crippen LogP contribution < -0.4 is 11.1 Å². The number of carbonyl (C=O) groups is 2. The Hall–Kier alpha value is -3.81. The van der Waals surface area contributed by atoms with Gasteiger partial charge in [0.2, 0.25) is 11.9 Å². The third kappa shape index (κ3) is 6.20. The lowest BCUT2D eigenvalue weighted by atomic mass is 9.91. The quantitative estimate of drug-likeness (QED) is 0.485. The summed E-state index contributed by atoms with van der Waals surface area (Å²) >= 11 is 0. The van der Waals surface area contributed by atoms with Crippen molar-refractivity contribution in [3.05, 3.63) is 83.4 Å². The minimum atomic E-state index is -0.495. The maximum Gasteiger partial charge on any atom is 0.253 e. The molecule has 1 heterocycles. The number of nitrogens with two attached hydrogens (primary N) is 1. The van der Waals surface area contributed by atoms with Gasteiger partial charge in [-0.3, -0.25) is 9.59 Å². The Labute approximate surface area is 204 Å². The van der Waals surface area contributed by atoms with Gasteiger partial charge in [0, 0.05) is 30.8 Å². The second-order valence-electron chi connectivity index (χ2n) is 9.06. The Morgan fingerprint density at radius 2 is 1.86 bits per heavy atom.